The predicted molar refractivity (Wildman–Crippen MR) is 83.4 cm³/mol. The topological polar surface area (TPSA) is 64.0 Å². The van der Waals surface area contributed by atoms with Crippen molar-refractivity contribution in [2.75, 3.05) is 0 Å². The van der Waals surface area contributed by atoms with Gasteiger partial charge in [-0.1, -0.05) is 25.4 Å². The fourth-order valence-corrected chi connectivity index (χ4v) is 2.26. The summed E-state index contributed by atoms with van der Waals surface area (Å²) in [5, 5.41) is 3.88. The first kappa shape index (κ1) is 15.5. The van der Waals surface area contributed by atoms with E-state index in [0.717, 1.165) is 0 Å². The first-order valence-electron chi connectivity index (χ1n) is 6.77. The van der Waals surface area contributed by atoms with E-state index in [0.29, 0.717) is 21.7 Å². The third kappa shape index (κ3) is 3.08. The number of nitrogens with one attached hydrogen (secondary N) is 1. The van der Waals surface area contributed by atoms with Crippen LogP contribution in [0.4, 0.5) is 0 Å². The van der Waals surface area contributed by atoms with Crippen molar-refractivity contribution in [3.63, 3.8) is 0 Å². The Labute approximate surface area is 127 Å². The normalized spacial score (nSPS) is 12.7. The summed E-state index contributed by atoms with van der Waals surface area (Å²) in [5.41, 5.74) is 0.378. The molecule has 1 atom stereocenters. The molecule has 0 aliphatic rings. The van der Waals surface area contributed by atoms with Crippen LogP contribution in [0.1, 0.15) is 32.6 Å². The van der Waals surface area contributed by atoms with Crippen LogP contribution in [0, 0.1) is 5.92 Å². The number of hydrogen-bond donors (Lipinski definition) is 1. The molecule has 0 radical (unpaired) electrons. The molecule has 0 bridgehead atoms. The Morgan fingerprint density at radius 1 is 1.33 bits per heavy atom. The van der Waals surface area contributed by atoms with Gasteiger partial charge in [-0.2, -0.15) is 0 Å². The van der Waals surface area contributed by atoms with Crippen LogP contribution < -0.4 is 10.9 Å². The number of rotatable bonds is 3. The highest BCUT2D eigenvalue weighted by Crippen LogP contribution is 2.17. The number of carbonyl (C=O) groups excluding carboxylic acids is 1. The molecule has 1 amide bonds. The molecule has 0 saturated carbocycles. The van der Waals surface area contributed by atoms with Crippen LogP contribution in [0.2, 0.25) is 5.02 Å². The highest BCUT2D eigenvalue weighted by molar-refractivity contribution is 6.31. The Balaban J connectivity index is 2.51. The Morgan fingerprint density at radius 3 is 2.62 bits per heavy atom. The largest absolute Gasteiger partial charge is 0.346 e. The van der Waals surface area contributed by atoms with E-state index in [1.54, 1.807) is 32.2 Å². The van der Waals surface area contributed by atoms with E-state index < -0.39 is 0 Å². The minimum Gasteiger partial charge on any atom is -0.346 e. The van der Waals surface area contributed by atoms with Crippen LogP contribution in [0.5, 0.6) is 0 Å². The second-order valence-corrected chi connectivity index (χ2v) is 5.82. The van der Waals surface area contributed by atoms with E-state index in [1.165, 1.54) is 4.57 Å². The van der Waals surface area contributed by atoms with Crippen LogP contribution >= 0.6 is 11.6 Å². The van der Waals surface area contributed by atoms with E-state index >= 15 is 0 Å². The molecule has 5 nitrogen and oxygen atoms in total. The summed E-state index contributed by atoms with van der Waals surface area (Å²) >= 11 is 5.95. The van der Waals surface area contributed by atoms with Crippen LogP contribution in [-0.2, 0) is 11.8 Å². The average molecular weight is 308 g/mol. The zero-order chi connectivity index (χ0) is 15.7. The molecule has 1 N–H and O–H groups in total. The monoisotopic (exact) mass is 307 g/mol. The highest BCUT2D eigenvalue weighted by Gasteiger charge is 2.17. The summed E-state index contributed by atoms with van der Waals surface area (Å²) in [6.07, 6.45) is 0. The van der Waals surface area contributed by atoms with E-state index in [2.05, 4.69) is 10.3 Å². The number of halogens is 1. The van der Waals surface area contributed by atoms with Gasteiger partial charge in [-0.15, -0.1) is 0 Å². The van der Waals surface area contributed by atoms with Gasteiger partial charge in [0.25, 0.3) is 5.56 Å². The summed E-state index contributed by atoms with van der Waals surface area (Å²) in [6, 6.07) is 4.62. The van der Waals surface area contributed by atoms with Gasteiger partial charge in [-0.3, -0.25) is 14.2 Å². The molecule has 0 saturated heterocycles. The summed E-state index contributed by atoms with van der Waals surface area (Å²) in [4.78, 5) is 28.6. The maximum Gasteiger partial charge on any atom is 0.261 e. The number of aromatic nitrogens is 2. The molecular formula is C15H18ClN3O2. The Kier molecular flexibility index (Phi) is 4.32. The van der Waals surface area contributed by atoms with Gasteiger partial charge in [0.05, 0.1) is 16.9 Å². The molecule has 1 heterocycles. The predicted octanol–water partition coefficient (Wildman–Crippen LogP) is 2.42. The van der Waals surface area contributed by atoms with Gasteiger partial charge in [0.2, 0.25) is 5.91 Å². The molecule has 0 aliphatic heterocycles. The lowest BCUT2D eigenvalue weighted by Crippen LogP contribution is -2.34. The number of benzene rings is 1. The lowest BCUT2D eigenvalue weighted by Gasteiger charge is -2.18. The second kappa shape index (κ2) is 5.85. The molecule has 6 heteroatoms. The first-order chi connectivity index (χ1) is 9.81. The number of fused-ring (bicyclic) bond motifs is 1. The minimum atomic E-state index is -0.360. The minimum absolute atomic E-state index is 0.0806. The summed E-state index contributed by atoms with van der Waals surface area (Å²) in [5.74, 6) is 0.297. The first-order valence-corrected chi connectivity index (χ1v) is 7.15. The molecule has 1 aromatic heterocycles. The standard InChI is InChI=1S/C15H18ClN3O2/c1-8(2)14(20)17-9(3)13-18-12-7-10(16)5-6-11(12)15(21)19(13)4/h5-9H,1-4H3,(H,17,20)/t9-/m0/s1. The highest BCUT2D eigenvalue weighted by atomic mass is 35.5. The SMILES string of the molecule is CC(C)C(=O)N[C@@H](C)c1nc2cc(Cl)ccc2c(=O)n1C. The number of nitrogens with zero attached hydrogens (tertiary/aromatic N) is 2. The van der Waals surface area contributed by atoms with Gasteiger partial charge in [0.1, 0.15) is 5.82 Å². The molecular weight excluding hydrogens is 290 g/mol. The zero-order valence-corrected chi connectivity index (χ0v) is 13.2. The van der Waals surface area contributed by atoms with Crippen LogP contribution in [0.25, 0.3) is 10.9 Å². The van der Waals surface area contributed by atoms with Gasteiger partial charge in [-0.25, -0.2) is 4.98 Å². The maximum atomic E-state index is 12.4. The van der Waals surface area contributed by atoms with Gasteiger partial charge >= 0.3 is 0 Å². The molecule has 1 aromatic carbocycles. The summed E-state index contributed by atoms with van der Waals surface area (Å²) in [7, 11) is 1.65. The van der Waals surface area contributed by atoms with Crippen LogP contribution in [-0.4, -0.2) is 15.5 Å². The van der Waals surface area contributed by atoms with Crippen molar-refractivity contribution in [2.24, 2.45) is 13.0 Å². The maximum absolute atomic E-state index is 12.4. The smallest absolute Gasteiger partial charge is 0.261 e. The molecule has 112 valence electrons. The zero-order valence-electron chi connectivity index (χ0n) is 12.5. The van der Waals surface area contributed by atoms with Crippen molar-refractivity contribution in [3.05, 3.63) is 39.4 Å². The van der Waals surface area contributed by atoms with E-state index in [4.69, 9.17) is 11.6 Å². The van der Waals surface area contributed by atoms with Crippen molar-refractivity contribution in [1.82, 2.24) is 14.9 Å². The summed E-state index contributed by atoms with van der Waals surface area (Å²) in [6.45, 7) is 5.43. The molecule has 2 rings (SSSR count). The van der Waals surface area contributed by atoms with Gasteiger partial charge in [0, 0.05) is 18.0 Å². The Hall–Kier alpha value is -1.88. The fraction of sp³-hybridized carbons (Fsp3) is 0.400. The van der Waals surface area contributed by atoms with Crippen molar-refractivity contribution in [1.29, 1.82) is 0 Å². The lowest BCUT2D eigenvalue weighted by molar-refractivity contribution is -0.124. The molecule has 21 heavy (non-hydrogen) atoms. The Bertz CT molecular complexity index is 752. The molecule has 0 fully saturated rings. The van der Waals surface area contributed by atoms with E-state index in [-0.39, 0.29) is 23.4 Å². The van der Waals surface area contributed by atoms with Gasteiger partial charge in [0.15, 0.2) is 0 Å². The third-order valence-electron chi connectivity index (χ3n) is 3.34. The Morgan fingerprint density at radius 2 is 2.00 bits per heavy atom. The van der Waals surface area contributed by atoms with Crippen molar-refractivity contribution in [2.45, 2.75) is 26.8 Å². The van der Waals surface area contributed by atoms with Gasteiger partial charge in [-0.05, 0) is 25.1 Å². The lowest BCUT2D eigenvalue weighted by atomic mass is 10.2. The van der Waals surface area contributed by atoms with Gasteiger partial charge < -0.3 is 5.32 Å². The molecule has 0 aliphatic carbocycles. The molecule has 0 spiro atoms. The average Bonchev–Trinajstić information content (AvgIpc) is 2.42. The molecule has 0 unspecified atom stereocenters. The van der Waals surface area contributed by atoms with E-state index in [1.807, 2.05) is 13.8 Å². The second-order valence-electron chi connectivity index (χ2n) is 5.38. The number of amides is 1. The van der Waals surface area contributed by atoms with Crippen molar-refractivity contribution >= 4 is 28.4 Å². The number of carbonyl (C=O) groups is 1. The number of hydrogen-bond acceptors (Lipinski definition) is 3. The van der Waals surface area contributed by atoms with E-state index in [9.17, 15) is 9.59 Å². The third-order valence-corrected chi connectivity index (χ3v) is 3.58. The van der Waals surface area contributed by atoms with Crippen LogP contribution in [0.15, 0.2) is 23.0 Å². The van der Waals surface area contributed by atoms with Crippen LogP contribution in [0.3, 0.4) is 0 Å². The quantitative estimate of drug-likeness (QED) is 0.947. The molecule has 2 aromatic rings. The van der Waals surface area contributed by atoms with Crippen molar-refractivity contribution in [3.8, 4) is 0 Å². The summed E-state index contributed by atoms with van der Waals surface area (Å²) < 4.78 is 1.46. The fourth-order valence-electron chi connectivity index (χ4n) is 2.09. The van der Waals surface area contributed by atoms with Crippen molar-refractivity contribution < 1.29 is 4.79 Å².